The maximum absolute atomic E-state index is 14.3. The largest absolute Gasteiger partial charge is 1.00 e. The molecule has 386 valence electrons. The molecule has 3 aromatic heterocycles. The smallest absolute Gasteiger partial charge is 0.247 e. The number of carbonyl (C=O) groups is 2. The number of hydrogen-bond donors (Lipinski definition) is 4. The van der Waals surface area contributed by atoms with Gasteiger partial charge in [0.25, 0.3) is 0 Å². The van der Waals surface area contributed by atoms with Crippen molar-refractivity contribution in [3.8, 4) is 12.3 Å². The Bertz CT molecular complexity index is 2000. The molecule has 0 saturated carbocycles. The topological polar surface area (TPSA) is 265 Å². The van der Waals surface area contributed by atoms with Crippen LogP contribution in [0.5, 0.6) is 0 Å². The molecule has 6 atom stereocenters. The van der Waals surface area contributed by atoms with Gasteiger partial charge in [-0.2, -0.15) is 15.0 Å². The van der Waals surface area contributed by atoms with E-state index in [-0.39, 0.29) is 54.7 Å². The van der Waals surface area contributed by atoms with E-state index in [4.69, 9.17) is 52.8 Å². The minimum absolute atomic E-state index is 0. The molecule has 0 bridgehead atoms. The van der Waals surface area contributed by atoms with Gasteiger partial charge < -0.3 is 68.7 Å². The molecule has 7 N–H and O–H groups in total. The molecule has 2 aliphatic heterocycles. The number of piperazine rings is 2. The Morgan fingerprint density at radius 3 is 1.87 bits per heavy atom. The van der Waals surface area contributed by atoms with E-state index in [1.165, 1.54) is 0 Å². The Labute approximate surface area is 414 Å². The van der Waals surface area contributed by atoms with Crippen molar-refractivity contribution in [1.29, 1.82) is 0 Å². The maximum atomic E-state index is 14.3. The molecule has 5 heterocycles. The first kappa shape index (κ1) is 56.8. The summed E-state index contributed by atoms with van der Waals surface area (Å²) in [6.07, 6.45) is 13.5. The van der Waals surface area contributed by atoms with Crippen LogP contribution < -0.4 is 44.7 Å². The summed E-state index contributed by atoms with van der Waals surface area (Å²) in [4.78, 5) is 51.2. The number of rotatable bonds is 29. The van der Waals surface area contributed by atoms with Crippen molar-refractivity contribution < 1.29 is 36.2 Å². The van der Waals surface area contributed by atoms with E-state index in [2.05, 4.69) is 83.2 Å². The van der Waals surface area contributed by atoms with E-state index < -0.39 is 12.1 Å². The van der Waals surface area contributed by atoms with Gasteiger partial charge in [0.15, 0.2) is 0 Å². The van der Waals surface area contributed by atoms with E-state index >= 15 is 0 Å². The third kappa shape index (κ3) is 16.7. The lowest BCUT2D eigenvalue weighted by molar-refractivity contribution is -0.137. The van der Waals surface area contributed by atoms with Gasteiger partial charge in [0.1, 0.15) is 18.7 Å². The molecule has 6 unspecified atom stereocenters. The summed E-state index contributed by atoms with van der Waals surface area (Å²) in [6, 6.07) is -1.54. The Morgan fingerprint density at radius 1 is 0.739 bits per heavy atom. The van der Waals surface area contributed by atoms with Crippen LogP contribution in [0.1, 0.15) is 116 Å². The second-order valence-electron chi connectivity index (χ2n) is 18.3. The number of anilines is 3. The number of hydrogen-bond acceptors (Lipinski definition) is 18. The molecule has 2 saturated heterocycles. The maximum Gasteiger partial charge on any atom is 0.247 e. The molecule has 0 aromatic carbocycles. The highest BCUT2D eigenvalue weighted by atomic mass is 35.5. The molecule has 69 heavy (non-hydrogen) atoms. The van der Waals surface area contributed by atoms with Crippen LogP contribution in [0.15, 0.2) is 12.4 Å². The van der Waals surface area contributed by atoms with E-state index in [1.807, 2.05) is 22.2 Å². The van der Waals surface area contributed by atoms with Crippen LogP contribution >= 0.6 is 0 Å². The number of terminal acetylenes is 1. The van der Waals surface area contributed by atoms with Crippen molar-refractivity contribution >= 4 is 29.7 Å². The van der Waals surface area contributed by atoms with Gasteiger partial charge >= 0.3 is 0 Å². The summed E-state index contributed by atoms with van der Waals surface area (Å²) in [7, 11) is 0. The highest BCUT2D eigenvalue weighted by molar-refractivity contribution is 5.81. The fraction of sp³-hybridized carbons (Fsp3) is 0.761. The fourth-order valence-electron chi connectivity index (χ4n) is 8.23. The van der Waals surface area contributed by atoms with Crippen LogP contribution in [0.2, 0.25) is 0 Å². The standard InChI is InChI=1S/C46H79N17O5.ClH/c1-8-24-66-26-28-68-29-27-67-25-15-50-44-51-45(60-20-16-58(17-21-60)42(64)39(13-11-12-14-47)62-32-38(55-56-62)40(49)34(6)9-2)53-46(52-44)61-22-18-59(19-23-61)43(65)41(35(7)10-3)63-31-37(54-57-63)36(48)30-33(4)5;/h1,31-36,39-41H,9-30,47-49H2,2-7H3,(H,50,51,52,53);1H/p-1. The highest BCUT2D eigenvalue weighted by Crippen LogP contribution is 2.28. The highest BCUT2D eigenvalue weighted by Gasteiger charge is 2.35. The minimum atomic E-state index is -0.521. The van der Waals surface area contributed by atoms with Gasteiger partial charge in [-0.3, -0.25) is 9.59 Å². The summed E-state index contributed by atoms with van der Waals surface area (Å²) < 4.78 is 20.0. The number of ether oxygens (including phenoxy) is 3. The second kappa shape index (κ2) is 29.4. The number of aromatic nitrogens is 9. The van der Waals surface area contributed by atoms with Crippen LogP contribution in [0.3, 0.4) is 0 Å². The molecule has 2 fully saturated rings. The fourth-order valence-corrected chi connectivity index (χ4v) is 8.23. The average Bonchev–Trinajstić information content (AvgIpc) is 4.05. The van der Waals surface area contributed by atoms with Crippen molar-refractivity contribution in [2.45, 2.75) is 104 Å². The molecule has 5 rings (SSSR count). The lowest BCUT2D eigenvalue weighted by atomic mass is 9.97. The van der Waals surface area contributed by atoms with Crippen molar-refractivity contribution in [3.05, 3.63) is 23.8 Å². The Hall–Kier alpha value is -4.76. The van der Waals surface area contributed by atoms with Gasteiger partial charge in [-0.1, -0.05) is 70.7 Å². The Kier molecular flexibility index (Phi) is 24.2. The van der Waals surface area contributed by atoms with Crippen molar-refractivity contribution in [1.82, 2.24) is 54.7 Å². The van der Waals surface area contributed by atoms with Crippen molar-refractivity contribution in [3.63, 3.8) is 0 Å². The van der Waals surface area contributed by atoms with Crippen LogP contribution in [0.25, 0.3) is 0 Å². The SMILES string of the molecule is C#CCOCCOCCOCCNc1nc(N2CCN(C(=O)C(CCCCN)n3cc(C(N)C(C)CC)nn3)CC2)nc(N2CCN(C(=O)C(C(C)CC)n3cc(C(N)CC(C)C)nn3)CC2)n1.[Cl-]. The first-order valence-electron chi connectivity index (χ1n) is 24.7. The van der Waals surface area contributed by atoms with Gasteiger partial charge in [0.2, 0.25) is 29.7 Å². The number of carbonyl (C=O) groups excluding carboxylic acids is 2. The number of halogens is 1. The molecular formula is C46H79ClN17O5-. The van der Waals surface area contributed by atoms with Crippen LogP contribution in [0.4, 0.5) is 17.8 Å². The zero-order valence-corrected chi connectivity index (χ0v) is 42.6. The molecule has 0 spiro atoms. The van der Waals surface area contributed by atoms with Crippen LogP contribution in [-0.2, 0) is 23.8 Å². The summed E-state index contributed by atoms with van der Waals surface area (Å²) in [5.41, 5.74) is 20.2. The third-order valence-corrected chi connectivity index (χ3v) is 12.8. The lowest BCUT2D eigenvalue weighted by Gasteiger charge is -2.38. The summed E-state index contributed by atoms with van der Waals surface area (Å²) in [6.45, 7) is 19.8. The van der Waals surface area contributed by atoms with Crippen LogP contribution in [-0.4, -0.2) is 172 Å². The molecule has 0 radical (unpaired) electrons. The first-order chi connectivity index (χ1) is 32.9. The van der Waals surface area contributed by atoms with E-state index in [0.717, 1.165) is 32.1 Å². The second-order valence-corrected chi connectivity index (χ2v) is 18.3. The average molecular weight is 986 g/mol. The zero-order chi connectivity index (χ0) is 49.0. The predicted molar refractivity (Wildman–Crippen MR) is 260 cm³/mol. The van der Waals surface area contributed by atoms with Gasteiger partial charge in [-0.15, -0.1) is 16.6 Å². The number of amides is 2. The quantitative estimate of drug-likeness (QED) is 0.0490. The van der Waals surface area contributed by atoms with E-state index in [0.29, 0.717) is 140 Å². The molecule has 2 aliphatic rings. The predicted octanol–water partition coefficient (Wildman–Crippen LogP) is -0.800. The third-order valence-electron chi connectivity index (χ3n) is 12.8. The van der Waals surface area contributed by atoms with Gasteiger partial charge in [0.05, 0.1) is 68.9 Å². The monoisotopic (exact) mass is 985 g/mol. The van der Waals surface area contributed by atoms with Crippen LogP contribution in [0, 0.1) is 30.1 Å². The molecule has 23 heteroatoms. The van der Waals surface area contributed by atoms with Gasteiger partial charge in [-0.05, 0) is 50.0 Å². The molecule has 22 nitrogen and oxygen atoms in total. The van der Waals surface area contributed by atoms with Gasteiger partial charge in [-0.25, -0.2) is 9.36 Å². The molecule has 0 aliphatic carbocycles. The van der Waals surface area contributed by atoms with Crippen molar-refractivity contribution in [2.75, 3.05) is 120 Å². The normalized spacial score (nSPS) is 16.9. The van der Waals surface area contributed by atoms with Crippen molar-refractivity contribution in [2.24, 2.45) is 35.0 Å². The first-order valence-corrected chi connectivity index (χ1v) is 24.7. The van der Waals surface area contributed by atoms with E-state index in [1.54, 1.807) is 9.36 Å². The Morgan fingerprint density at radius 2 is 1.29 bits per heavy atom. The zero-order valence-electron chi connectivity index (χ0n) is 41.8. The summed E-state index contributed by atoms with van der Waals surface area (Å²) in [5, 5.41) is 20.9. The number of nitrogens with one attached hydrogen (secondary N) is 1. The lowest BCUT2D eigenvalue weighted by Crippen LogP contribution is -3.00. The summed E-state index contributed by atoms with van der Waals surface area (Å²) in [5.74, 6) is 4.47. The molecule has 2 amide bonds. The summed E-state index contributed by atoms with van der Waals surface area (Å²) >= 11 is 0. The number of unbranched alkanes of at least 4 members (excludes halogenated alkanes) is 1. The van der Waals surface area contributed by atoms with E-state index in [9.17, 15) is 9.59 Å². The molecular weight excluding hydrogens is 906 g/mol. The van der Waals surface area contributed by atoms with Gasteiger partial charge in [0, 0.05) is 58.9 Å². The minimum Gasteiger partial charge on any atom is -1.00 e. The Balaban J connectivity index is 0.0000104. The number of nitrogens with zero attached hydrogens (tertiary/aromatic N) is 13. The molecule has 3 aromatic rings. The number of nitrogens with two attached hydrogens (primary N) is 3.